The lowest BCUT2D eigenvalue weighted by Crippen LogP contribution is -2.37. The van der Waals surface area contributed by atoms with Gasteiger partial charge in [-0.25, -0.2) is 4.57 Å². The molecule has 3 heteroatoms. The summed E-state index contributed by atoms with van der Waals surface area (Å²) in [4.78, 5) is 17.1. The van der Waals surface area contributed by atoms with Crippen LogP contribution in [-0.2, 0) is 6.54 Å². The molecule has 0 unspecified atom stereocenters. The van der Waals surface area contributed by atoms with E-state index in [1.807, 2.05) is 71.4 Å². The van der Waals surface area contributed by atoms with E-state index in [0.29, 0.717) is 0 Å². The maximum Gasteiger partial charge on any atom is 0.287 e. The van der Waals surface area contributed by atoms with E-state index in [1.165, 1.54) is 5.56 Å². The number of nitrogens with zero attached hydrogens (tertiary/aromatic N) is 2. The summed E-state index contributed by atoms with van der Waals surface area (Å²) in [6, 6.07) is 24.0. The van der Waals surface area contributed by atoms with Crippen molar-refractivity contribution in [1.29, 1.82) is 0 Å². The Bertz CT molecular complexity index is 1080. The highest BCUT2D eigenvalue weighted by molar-refractivity contribution is 5.99. The second kappa shape index (κ2) is 6.89. The number of Topliss-reactive ketones (excluding diaryl/α,β-unsaturated/α-hetero) is 1. The molecule has 0 bridgehead atoms. The standard InChI is InChI=1S/C23H19N2O/c1-17-6-2-5-9-21(17)22-12-13-25(16-24-22)15-23(26)20-11-10-18-7-3-4-8-19(18)14-20/h2-14,16H,15H2,1H3/q+1. The highest BCUT2D eigenvalue weighted by Crippen LogP contribution is 2.19. The number of benzene rings is 3. The van der Waals surface area contributed by atoms with Gasteiger partial charge in [0.05, 0.1) is 6.20 Å². The van der Waals surface area contributed by atoms with Gasteiger partial charge < -0.3 is 0 Å². The summed E-state index contributed by atoms with van der Waals surface area (Å²) in [5, 5.41) is 2.22. The second-order valence-electron chi connectivity index (χ2n) is 6.42. The van der Waals surface area contributed by atoms with E-state index in [2.05, 4.69) is 24.0 Å². The Kier molecular flexibility index (Phi) is 4.28. The van der Waals surface area contributed by atoms with E-state index in [1.54, 1.807) is 6.33 Å². The van der Waals surface area contributed by atoms with E-state index >= 15 is 0 Å². The van der Waals surface area contributed by atoms with Crippen LogP contribution in [0.2, 0.25) is 0 Å². The molecule has 1 heterocycles. The van der Waals surface area contributed by atoms with E-state index < -0.39 is 0 Å². The molecule has 4 rings (SSSR count). The third kappa shape index (κ3) is 3.24. The number of rotatable bonds is 4. The number of aryl methyl sites for hydroxylation is 1. The summed E-state index contributed by atoms with van der Waals surface area (Å²) in [6.07, 6.45) is 3.63. The molecular formula is C23H19N2O+. The van der Waals surface area contributed by atoms with E-state index in [-0.39, 0.29) is 12.3 Å². The van der Waals surface area contributed by atoms with Crippen LogP contribution in [0, 0.1) is 6.92 Å². The van der Waals surface area contributed by atoms with Gasteiger partial charge in [0.2, 0.25) is 5.78 Å². The van der Waals surface area contributed by atoms with Crippen molar-refractivity contribution < 1.29 is 9.36 Å². The predicted molar refractivity (Wildman–Crippen MR) is 103 cm³/mol. The Morgan fingerprint density at radius 2 is 1.69 bits per heavy atom. The van der Waals surface area contributed by atoms with Crippen molar-refractivity contribution in [3.05, 3.63) is 96.4 Å². The number of ketones is 1. The molecule has 0 saturated carbocycles. The van der Waals surface area contributed by atoms with E-state index in [4.69, 9.17) is 0 Å². The van der Waals surface area contributed by atoms with Crippen LogP contribution < -0.4 is 4.57 Å². The Labute approximate surface area is 152 Å². The molecule has 0 fully saturated rings. The number of fused-ring (bicyclic) bond motifs is 1. The Morgan fingerprint density at radius 1 is 0.923 bits per heavy atom. The molecule has 0 aliphatic carbocycles. The zero-order chi connectivity index (χ0) is 17.9. The number of aromatic nitrogens is 2. The molecular weight excluding hydrogens is 320 g/mol. The third-order valence-corrected chi connectivity index (χ3v) is 4.59. The second-order valence-corrected chi connectivity index (χ2v) is 6.42. The van der Waals surface area contributed by atoms with Crippen molar-refractivity contribution in [1.82, 2.24) is 4.98 Å². The highest BCUT2D eigenvalue weighted by Gasteiger charge is 2.13. The minimum absolute atomic E-state index is 0.0752. The van der Waals surface area contributed by atoms with Gasteiger partial charge in [-0.15, -0.1) is 0 Å². The minimum Gasteiger partial charge on any atom is -0.290 e. The molecule has 26 heavy (non-hydrogen) atoms. The van der Waals surface area contributed by atoms with Crippen LogP contribution >= 0.6 is 0 Å². The largest absolute Gasteiger partial charge is 0.290 e. The summed E-state index contributed by atoms with van der Waals surface area (Å²) in [5.41, 5.74) is 3.93. The van der Waals surface area contributed by atoms with Crippen LogP contribution in [0.1, 0.15) is 15.9 Å². The van der Waals surface area contributed by atoms with Crippen molar-refractivity contribution in [2.24, 2.45) is 0 Å². The topological polar surface area (TPSA) is 33.8 Å². The summed E-state index contributed by atoms with van der Waals surface area (Å²) < 4.78 is 1.82. The van der Waals surface area contributed by atoms with Crippen molar-refractivity contribution >= 4 is 16.6 Å². The molecule has 0 N–H and O–H groups in total. The fourth-order valence-corrected chi connectivity index (χ4v) is 3.12. The van der Waals surface area contributed by atoms with Crippen LogP contribution in [0.4, 0.5) is 0 Å². The fraction of sp³-hybridized carbons (Fsp3) is 0.0870. The quantitative estimate of drug-likeness (QED) is 0.408. The summed E-state index contributed by atoms with van der Waals surface area (Å²) in [5.74, 6) is 0.0752. The molecule has 0 radical (unpaired) electrons. The molecule has 0 atom stereocenters. The molecule has 3 nitrogen and oxygen atoms in total. The summed E-state index contributed by atoms with van der Waals surface area (Å²) in [7, 11) is 0. The van der Waals surface area contributed by atoms with Crippen molar-refractivity contribution in [2.45, 2.75) is 13.5 Å². The van der Waals surface area contributed by atoms with Crippen molar-refractivity contribution in [3.8, 4) is 11.3 Å². The Morgan fingerprint density at radius 3 is 2.46 bits per heavy atom. The SMILES string of the molecule is Cc1ccccc1-c1cc[n+](CC(=O)c2ccc3ccccc3c2)cn1. The monoisotopic (exact) mass is 339 g/mol. The summed E-state index contributed by atoms with van der Waals surface area (Å²) in [6.45, 7) is 2.35. The van der Waals surface area contributed by atoms with E-state index in [0.717, 1.165) is 27.6 Å². The number of hydrogen-bond donors (Lipinski definition) is 0. The van der Waals surface area contributed by atoms with Gasteiger partial charge in [0.25, 0.3) is 6.33 Å². The van der Waals surface area contributed by atoms with Gasteiger partial charge in [-0.3, -0.25) is 4.79 Å². The first-order valence-corrected chi connectivity index (χ1v) is 8.64. The molecule has 126 valence electrons. The molecule has 0 amide bonds. The van der Waals surface area contributed by atoms with Gasteiger partial charge in [-0.05, 0) is 34.3 Å². The molecule has 4 aromatic rings. The average Bonchev–Trinajstić information content (AvgIpc) is 2.69. The van der Waals surface area contributed by atoms with Crippen LogP contribution in [0.3, 0.4) is 0 Å². The molecule has 1 aromatic heterocycles. The number of carbonyl (C=O) groups excluding carboxylic acids is 1. The maximum absolute atomic E-state index is 12.6. The smallest absolute Gasteiger partial charge is 0.287 e. The molecule has 0 spiro atoms. The first-order valence-electron chi connectivity index (χ1n) is 8.64. The maximum atomic E-state index is 12.6. The lowest BCUT2D eigenvalue weighted by molar-refractivity contribution is -0.686. The van der Waals surface area contributed by atoms with Gasteiger partial charge in [0.1, 0.15) is 0 Å². The van der Waals surface area contributed by atoms with Crippen LogP contribution in [0.5, 0.6) is 0 Å². The Hall–Kier alpha value is -3.33. The fourth-order valence-electron chi connectivity index (χ4n) is 3.12. The van der Waals surface area contributed by atoms with Crippen molar-refractivity contribution in [2.75, 3.05) is 0 Å². The van der Waals surface area contributed by atoms with Gasteiger partial charge in [-0.1, -0.05) is 60.7 Å². The molecule has 3 aromatic carbocycles. The van der Waals surface area contributed by atoms with Gasteiger partial charge in [0.15, 0.2) is 12.2 Å². The lowest BCUT2D eigenvalue weighted by Gasteiger charge is -2.04. The molecule has 0 aliphatic heterocycles. The van der Waals surface area contributed by atoms with Crippen LogP contribution in [0.15, 0.2) is 85.3 Å². The zero-order valence-electron chi connectivity index (χ0n) is 14.6. The number of carbonyl (C=O) groups is 1. The van der Waals surface area contributed by atoms with E-state index in [9.17, 15) is 4.79 Å². The zero-order valence-corrected chi connectivity index (χ0v) is 14.6. The first kappa shape index (κ1) is 16.2. The minimum atomic E-state index is 0.0752. The highest BCUT2D eigenvalue weighted by atomic mass is 16.1. The van der Waals surface area contributed by atoms with Gasteiger partial charge in [0, 0.05) is 17.2 Å². The average molecular weight is 339 g/mol. The first-order chi connectivity index (χ1) is 12.7. The number of hydrogen-bond acceptors (Lipinski definition) is 2. The van der Waals surface area contributed by atoms with Crippen LogP contribution in [-0.4, -0.2) is 10.8 Å². The molecule has 0 saturated heterocycles. The normalized spacial score (nSPS) is 10.8. The third-order valence-electron chi connectivity index (χ3n) is 4.59. The summed E-state index contributed by atoms with van der Waals surface area (Å²) >= 11 is 0. The van der Waals surface area contributed by atoms with Crippen molar-refractivity contribution in [3.63, 3.8) is 0 Å². The molecule has 0 aliphatic rings. The van der Waals surface area contributed by atoms with Crippen LogP contribution in [0.25, 0.3) is 22.0 Å². The lowest BCUT2D eigenvalue weighted by atomic mass is 10.0. The predicted octanol–water partition coefficient (Wildman–Crippen LogP) is 4.38. The van der Waals surface area contributed by atoms with Gasteiger partial charge in [-0.2, -0.15) is 0 Å². The van der Waals surface area contributed by atoms with Gasteiger partial charge >= 0.3 is 0 Å². The Balaban J connectivity index is 1.55.